The highest BCUT2D eigenvalue weighted by atomic mass is 31.1. The monoisotopic (exact) mass is 281 g/mol. The molecule has 0 aliphatic rings. The van der Waals surface area contributed by atoms with Gasteiger partial charge in [-0.1, -0.05) is 47.0 Å². The summed E-state index contributed by atoms with van der Waals surface area (Å²) < 4.78 is 18.2. The van der Waals surface area contributed by atoms with Crippen molar-refractivity contribution < 1.29 is 9.30 Å². The van der Waals surface area contributed by atoms with E-state index >= 15 is 0 Å². The van der Waals surface area contributed by atoms with Crippen LogP contribution in [0, 0.1) is 0 Å². The smallest absolute Gasteiger partial charge is 0.419 e. The molecule has 3 aromatic carbocycles. The fourth-order valence-electron chi connectivity index (χ4n) is 2.31. The summed E-state index contributed by atoms with van der Waals surface area (Å²) in [6, 6.07) is 21.4. The topological polar surface area (TPSA) is 26.3 Å². The predicted octanol–water partition coefficient (Wildman–Crippen LogP) is 3.63. The highest BCUT2D eigenvalue weighted by Gasteiger charge is 2.29. The van der Waals surface area contributed by atoms with E-state index in [1.807, 2.05) is 66.7 Å². The standard InChI is InChI=1S/C17H14O2P/c1-19-15-10-4-5-11-17(15)20(18)16-12-6-8-13-7-2-3-9-14(13)16/h2-12H,1H3/q+1. The molecule has 0 N–H and O–H groups in total. The van der Waals surface area contributed by atoms with Gasteiger partial charge in [0.15, 0.2) is 5.75 Å². The maximum Gasteiger partial charge on any atom is 0.419 e. The van der Waals surface area contributed by atoms with Gasteiger partial charge in [0.2, 0.25) is 10.6 Å². The highest BCUT2D eigenvalue weighted by Crippen LogP contribution is 2.28. The van der Waals surface area contributed by atoms with Crippen molar-refractivity contribution in [3.05, 3.63) is 66.7 Å². The van der Waals surface area contributed by atoms with Crippen molar-refractivity contribution in [3.8, 4) is 5.75 Å². The molecule has 0 radical (unpaired) electrons. The first-order valence-corrected chi connectivity index (χ1v) is 7.65. The van der Waals surface area contributed by atoms with Crippen molar-refractivity contribution in [2.75, 3.05) is 7.11 Å². The Kier molecular flexibility index (Phi) is 3.49. The minimum Gasteiger partial charge on any atom is -0.492 e. The molecule has 0 saturated heterocycles. The molecule has 0 saturated carbocycles. The van der Waals surface area contributed by atoms with Crippen molar-refractivity contribution in [3.63, 3.8) is 0 Å². The summed E-state index contributed by atoms with van der Waals surface area (Å²) in [6.45, 7) is 0. The number of hydrogen-bond acceptors (Lipinski definition) is 2. The Hall–Kier alpha value is -2.18. The molecule has 98 valence electrons. The molecule has 0 heterocycles. The van der Waals surface area contributed by atoms with E-state index in [9.17, 15) is 4.57 Å². The van der Waals surface area contributed by atoms with Crippen LogP contribution in [0.2, 0.25) is 0 Å². The molecule has 1 unspecified atom stereocenters. The molecule has 3 heteroatoms. The van der Waals surface area contributed by atoms with E-state index in [0.717, 1.165) is 21.4 Å². The van der Waals surface area contributed by atoms with Gasteiger partial charge in [-0.15, -0.1) is 0 Å². The van der Waals surface area contributed by atoms with Gasteiger partial charge in [0.1, 0.15) is 0 Å². The summed E-state index contributed by atoms with van der Waals surface area (Å²) in [4.78, 5) is 0. The highest BCUT2D eigenvalue weighted by molar-refractivity contribution is 7.62. The second kappa shape index (κ2) is 5.44. The number of fused-ring (bicyclic) bond motifs is 1. The summed E-state index contributed by atoms with van der Waals surface area (Å²) in [5.74, 6) is 0.668. The van der Waals surface area contributed by atoms with Crippen LogP contribution in [-0.2, 0) is 4.57 Å². The van der Waals surface area contributed by atoms with E-state index in [1.165, 1.54) is 0 Å². The molecule has 0 aromatic heterocycles. The van der Waals surface area contributed by atoms with Crippen molar-refractivity contribution in [1.29, 1.82) is 0 Å². The van der Waals surface area contributed by atoms with Crippen LogP contribution in [0.3, 0.4) is 0 Å². The fraction of sp³-hybridized carbons (Fsp3) is 0.0588. The van der Waals surface area contributed by atoms with Crippen molar-refractivity contribution in [1.82, 2.24) is 0 Å². The molecule has 2 nitrogen and oxygen atoms in total. The number of ether oxygens (including phenoxy) is 1. The Morgan fingerprint density at radius 2 is 1.45 bits per heavy atom. The van der Waals surface area contributed by atoms with Crippen molar-refractivity contribution in [2.45, 2.75) is 0 Å². The number of para-hydroxylation sites is 1. The van der Waals surface area contributed by atoms with Crippen molar-refractivity contribution in [2.24, 2.45) is 0 Å². The van der Waals surface area contributed by atoms with Crippen LogP contribution in [0.25, 0.3) is 10.8 Å². The molecule has 0 aliphatic heterocycles. The summed E-state index contributed by atoms with van der Waals surface area (Å²) in [7, 11) is -0.0699. The van der Waals surface area contributed by atoms with E-state index < -0.39 is 7.80 Å². The van der Waals surface area contributed by atoms with Gasteiger partial charge in [-0.25, -0.2) is 0 Å². The number of rotatable bonds is 3. The molecule has 0 amide bonds. The minimum atomic E-state index is -1.67. The van der Waals surface area contributed by atoms with Gasteiger partial charge >= 0.3 is 7.80 Å². The Bertz CT molecular complexity index is 775. The maximum atomic E-state index is 12.9. The second-order valence-electron chi connectivity index (χ2n) is 4.46. The van der Waals surface area contributed by atoms with E-state index in [4.69, 9.17) is 4.74 Å². The van der Waals surface area contributed by atoms with Gasteiger partial charge in [0, 0.05) is 5.39 Å². The molecular formula is C17H14O2P+. The van der Waals surface area contributed by atoms with Gasteiger partial charge < -0.3 is 4.74 Å². The first kappa shape index (κ1) is 12.8. The molecule has 1 atom stereocenters. The van der Waals surface area contributed by atoms with E-state index in [0.29, 0.717) is 5.75 Å². The fourth-order valence-corrected chi connectivity index (χ4v) is 3.80. The average Bonchev–Trinajstić information content (AvgIpc) is 2.53. The summed E-state index contributed by atoms with van der Waals surface area (Å²) in [5, 5.41) is 3.72. The van der Waals surface area contributed by atoms with Gasteiger partial charge in [-0.05, 0) is 29.7 Å². The SMILES string of the molecule is COc1ccccc1[P+](=O)c1cccc2ccccc12. The van der Waals surface area contributed by atoms with Gasteiger partial charge in [-0.3, -0.25) is 0 Å². The van der Waals surface area contributed by atoms with E-state index in [2.05, 4.69) is 0 Å². The number of hydrogen-bond donors (Lipinski definition) is 0. The molecule has 0 bridgehead atoms. The van der Waals surface area contributed by atoms with Crippen LogP contribution in [0.5, 0.6) is 5.75 Å². The minimum absolute atomic E-state index is 0.668. The zero-order valence-corrected chi connectivity index (χ0v) is 12.0. The third-order valence-corrected chi connectivity index (χ3v) is 4.92. The molecule has 0 spiro atoms. The Morgan fingerprint density at radius 1 is 0.800 bits per heavy atom. The summed E-state index contributed by atoms with van der Waals surface area (Å²) in [5.41, 5.74) is 0. The first-order valence-electron chi connectivity index (χ1n) is 6.39. The molecule has 0 aliphatic carbocycles. The zero-order chi connectivity index (χ0) is 13.9. The van der Waals surface area contributed by atoms with E-state index in [1.54, 1.807) is 7.11 Å². The molecule has 3 aromatic rings. The Balaban J connectivity index is 2.18. The van der Waals surface area contributed by atoms with Crippen LogP contribution < -0.4 is 15.3 Å². The molecular weight excluding hydrogens is 267 g/mol. The first-order chi connectivity index (χ1) is 9.81. The Labute approximate surface area is 118 Å². The van der Waals surface area contributed by atoms with Crippen LogP contribution in [0.4, 0.5) is 0 Å². The lowest BCUT2D eigenvalue weighted by Crippen LogP contribution is -2.10. The Morgan fingerprint density at radius 3 is 2.30 bits per heavy atom. The van der Waals surface area contributed by atoms with Crippen LogP contribution >= 0.6 is 7.80 Å². The molecule has 0 fully saturated rings. The lowest BCUT2D eigenvalue weighted by atomic mass is 10.1. The van der Waals surface area contributed by atoms with E-state index in [-0.39, 0.29) is 0 Å². The average molecular weight is 281 g/mol. The van der Waals surface area contributed by atoms with Crippen LogP contribution in [0.15, 0.2) is 66.7 Å². The van der Waals surface area contributed by atoms with Crippen LogP contribution in [0.1, 0.15) is 0 Å². The summed E-state index contributed by atoms with van der Waals surface area (Å²) >= 11 is 0. The van der Waals surface area contributed by atoms with Crippen LogP contribution in [-0.4, -0.2) is 7.11 Å². The van der Waals surface area contributed by atoms with Crippen molar-refractivity contribution >= 4 is 29.2 Å². The number of methoxy groups -OCH3 is 1. The lowest BCUT2D eigenvalue weighted by Gasteiger charge is -2.01. The van der Waals surface area contributed by atoms with Gasteiger partial charge in [0.25, 0.3) is 0 Å². The third kappa shape index (κ3) is 2.19. The maximum absolute atomic E-state index is 12.9. The number of benzene rings is 3. The molecule has 3 rings (SSSR count). The predicted molar refractivity (Wildman–Crippen MR) is 83.8 cm³/mol. The lowest BCUT2D eigenvalue weighted by molar-refractivity contribution is 0.418. The normalized spacial score (nSPS) is 11.3. The third-order valence-electron chi connectivity index (χ3n) is 3.29. The molecule has 20 heavy (non-hydrogen) atoms. The van der Waals surface area contributed by atoms with Gasteiger partial charge in [0.05, 0.1) is 7.11 Å². The van der Waals surface area contributed by atoms with Gasteiger partial charge in [-0.2, -0.15) is 0 Å². The zero-order valence-electron chi connectivity index (χ0n) is 11.1. The second-order valence-corrected chi connectivity index (χ2v) is 6.02. The quantitative estimate of drug-likeness (QED) is 0.685. The largest absolute Gasteiger partial charge is 0.492 e. The summed E-state index contributed by atoms with van der Waals surface area (Å²) in [6.07, 6.45) is 0.